The first-order chi connectivity index (χ1) is 15.1. The Morgan fingerprint density at radius 1 is 1.28 bits per heavy atom. The molecule has 1 unspecified atom stereocenters. The molecule has 32 heavy (non-hydrogen) atoms. The standard InChI is InChI=1S/C22H18F3N5O2/c1-13-16-6-9-27-18(26)17(16)29-19(28-13)15-4-2-3-14(11-15)5-7-21(32)8-10-30(20(21)31)12-22(23,24)25/h2-4,6,9,11,32H,8,10,12H2,1H3,(H2,26,27). The number of carbonyl (C=O) groups is 1. The molecule has 1 aliphatic rings. The van der Waals surface area contributed by atoms with Crippen LogP contribution in [-0.4, -0.2) is 55.7 Å². The lowest BCUT2D eigenvalue weighted by atomic mass is 10.0. The Morgan fingerprint density at radius 2 is 2.06 bits per heavy atom. The van der Waals surface area contributed by atoms with E-state index in [0.717, 1.165) is 5.39 Å². The van der Waals surface area contributed by atoms with Crippen LogP contribution in [-0.2, 0) is 4.79 Å². The van der Waals surface area contributed by atoms with Crippen molar-refractivity contribution in [2.45, 2.75) is 25.1 Å². The highest BCUT2D eigenvalue weighted by Crippen LogP contribution is 2.27. The first-order valence-electron chi connectivity index (χ1n) is 9.67. The summed E-state index contributed by atoms with van der Waals surface area (Å²) in [4.78, 5) is 25.8. The Hall–Kier alpha value is -3.71. The molecular weight excluding hydrogens is 423 g/mol. The zero-order valence-electron chi connectivity index (χ0n) is 16.9. The molecule has 1 aliphatic heterocycles. The molecule has 2 aromatic heterocycles. The van der Waals surface area contributed by atoms with E-state index in [-0.39, 0.29) is 18.8 Å². The van der Waals surface area contributed by atoms with Crippen LogP contribution in [0.2, 0.25) is 0 Å². The topological polar surface area (TPSA) is 105 Å². The molecule has 3 N–H and O–H groups in total. The molecule has 3 aromatic rings. The molecule has 1 atom stereocenters. The van der Waals surface area contributed by atoms with Crippen LogP contribution in [0.25, 0.3) is 22.3 Å². The number of nitrogens with zero attached hydrogens (tertiary/aromatic N) is 4. The molecule has 0 bridgehead atoms. The van der Waals surface area contributed by atoms with E-state index in [2.05, 4.69) is 26.8 Å². The van der Waals surface area contributed by atoms with Gasteiger partial charge in [0.2, 0.25) is 5.60 Å². The number of likely N-dealkylation sites (tertiary alicyclic amines) is 1. The van der Waals surface area contributed by atoms with Crippen molar-refractivity contribution >= 4 is 22.6 Å². The minimum Gasteiger partial charge on any atom is -0.382 e. The number of hydrogen-bond acceptors (Lipinski definition) is 6. The largest absolute Gasteiger partial charge is 0.406 e. The van der Waals surface area contributed by atoms with Gasteiger partial charge in [-0.1, -0.05) is 24.0 Å². The third kappa shape index (κ3) is 4.20. The van der Waals surface area contributed by atoms with Gasteiger partial charge in [0.1, 0.15) is 17.9 Å². The molecule has 0 spiro atoms. The van der Waals surface area contributed by atoms with Crippen molar-refractivity contribution in [2.24, 2.45) is 0 Å². The van der Waals surface area contributed by atoms with Gasteiger partial charge in [0, 0.05) is 41.4 Å². The van der Waals surface area contributed by atoms with Crippen molar-refractivity contribution in [1.29, 1.82) is 0 Å². The van der Waals surface area contributed by atoms with Crippen molar-refractivity contribution in [2.75, 3.05) is 18.8 Å². The van der Waals surface area contributed by atoms with Gasteiger partial charge >= 0.3 is 6.18 Å². The Labute approximate surface area is 181 Å². The second-order valence-electron chi connectivity index (χ2n) is 7.51. The minimum absolute atomic E-state index is 0.201. The number of halogens is 3. The maximum atomic E-state index is 12.6. The van der Waals surface area contributed by atoms with Gasteiger partial charge in [-0.3, -0.25) is 4.79 Å². The highest BCUT2D eigenvalue weighted by Gasteiger charge is 2.47. The Balaban J connectivity index is 1.63. The van der Waals surface area contributed by atoms with E-state index in [0.29, 0.717) is 33.1 Å². The Morgan fingerprint density at radius 3 is 2.81 bits per heavy atom. The summed E-state index contributed by atoms with van der Waals surface area (Å²) in [6.07, 6.45) is -3.16. The number of alkyl halides is 3. The van der Waals surface area contributed by atoms with Gasteiger partial charge in [0.25, 0.3) is 5.91 Å². The van der Waals surface area contributed by atoms with Crippen LogP contribution in [0.3, 0.4) is 0 Å². The lowest BCUT2D eigenvalue weighted by Gasteiger charge is -2.19. The third-order valence-corrected chi connectivity index (χ3v) is 5.12. The molecule has 4 rings (SSSR count). The van der Waals surface area contributed by atoms with E-state index in [1.807, 2.05) is 6.92 Å². The van der Waals surface area contributed by atoms with Gasteiger partial charge in [-0.05, 0) is 25.1 Å². The maximum absolute atomic E-state index is 12.6. The zero-order chi connectivity index (χ0) is 23.1. The van der Waals surface area contributed by atoms with Crippen molar-refractivity contribution in [1.82, 2.24) is 19.9 Å². The molecule has 1 aromatic carbocycles. The monoisotopic (exact) mass is 441 g/mol. The zero-order valence-corrected chi connectivity index (χ0v) is 16.9. The van der Waals surface area contributed by atoms with Crippen molar-refractivity contribution in [3.8, 4) is 23.2 Å². The molecule has 164 valence electrons. The normalized spacial score (nSPS) is 18.7. The molecule has 3 heterocycles. The van der Waals surface area contributed by atoms with E-state index in [4.69, 9.17) is 5.73 Å². The molecule has 1 amide bonds. The van der Waals surface area contributed by atoms with Gasteiger partial charge in [0.05, 0.1) is 0 Å². The number of aliphatic hydroxyl groups is 1. The number of rotatable bonds is 2. The number of anilines is 1. The number of nitrogens with two attached hydrogens (primary N) is 1. The molecular formula is C22H18F3N5O2. The summed E-state index contributed by atoms with van der Waals surface area (Å²) < 4.78 is 37.8. The number of carbonyl (C=O) groups excluding carboxylic acids is 1. The average Bonchev–Trinajstić information content (AvgIpc) is 3.01. The van der Waals surface area contributed by atoms with Crippen LogP contribution < -0.4 is 5.73 Å². The van der Waals surface area contributed by atoms with Crippen LogP contribution in [0.1, 0.15) is 17.7 Å². The number of amides is 1. The number of aromatic nitrogens is 3. The fourth-order valence-electron chi connectivity index (χ4n) is 3.52. The molecule has 1 fully saturated rings. The van der Waals surface area contributed by atoms with Gasteiger partial charge in [0.15, 0.2) is 5.82 Å². The Bertz CT molecular complexity index is 1280. The van der Waals surface area contributed by atoms with Crippen LogP contribution in [0.5, 0.6) is 0 Å². The molecule has 0 aliphatic carbocycles. The predicted molar refractivity (Wildman–Crippen MR) is 111 cm³/mol. The smallest absolute Gasteiger partial charge is 0.382 e. The SMILES string of the molecule is Cc1nc(-c2cccc(C#CC3(O)CCN(CC(F)(F)F)C3=O)c2)nc2c(N)nccc12. The van der Waals surface area contributed by atoms with E-state index in [1.165, 1.54) is 0 Å². The second-order valence-corrected chi connectivity index (χ2v) is 7.51. The van der Waals surface area contributed by atoms with Crippen LogP contribution >= 0.6 is 0 Å². The van der Waals surface area contributed by atoms with Crippen molar-refractivity contribution < 1.29 is 23.1 Å². The highest BCUT2D eigenvalue weighted by molar-refractivity contribution is 5.91. The highest BCUT2D eigenvalue weighted by atomic mass is 19.4. The van der Waals surface area contributed by atoms with Gasteiger partial charge < -0.3 is 15.7 Å². The van der Waals surface area contributed by atoms with Crippen LogP contribution in [0, 0.1) is 18.8 Å². The lowest BCUT2D eigenvalue weighted by Crippen LogP contribution is -2.42. The number of pyridine rings is 1. The molecule has 0 radical (unpaired) electrons. The fraction of sp³-hybridized carbons (Fsp3) is 0.273. The summed E-state index contributed by atoms with van der Waals surface area (Å²) in [6, 6.07) is 8.55. The average molecular weight is 441 g/mol. The fourth-order valence-corrected chi connectivity index (χ4v) is 3.52. The van der Waals surface area contributed by atoms with E-state index in [1.54, 1.807) is 36.5 Å². The third-order valence-electron chi connectivity index (χ3n) is 5.12. The Kier molecular flexibility index (Phi) is 5.22. The summed E-state index contributed by atoms with van der Waals surface area (Å²) in [7, 11) is 0. The maximum Gasteiger partial charge on any atom is 0.406 e. The molecule has 1 saturated heterocycles. The summed E-state index contributed by atoms with van der Waals surface area (Å²) >= 11 is 0. The predicted octanol–water partition coefficient (Wildman–Crippen LogP) is 2.46. The summed E-state index contributed by atoms with van der Waals surface area (Å²) in [5.74, 6) is 4.76. The number of fused-ring (bicyclic) bond motifs is 1. The van der Waals surface area contributed by atoms with Gasteiger partial charge in [-0.2, -0.15) is 13.2 Å². The summed E-state index contributed by atoms with van der Waals surface area (Å²) in [5, 5.41) is 11.3. The minimum atomic E-state index is -4.54. The van der Waals surface area contributed by atoms with E-state index in [9.17, 15) is 23.1 Å². The van der Waals surface area contributed by atoms with E-state index >= 15 is 0 Å². The van der Waals surface area contributed by atoms with Gasteiger partial charge in [-0.25, -0.2) is 15.0 Å². The van der Waals surface area contributed by atoms with Gasteiger partial charge in [-0.15, -0.1) is 0 Å². The van der Waals surface area contributed by atoms with Crippen molar-refractivity contribution in [3.63, 3.8) is 0 Å². The van der Waals surface area contributed by atoms with Crippen LogP contribution in [0.4, 0.5) is 19.0 Å². The number of hydrogen-bond donors (Lipinski definition) is 2. The van der Waals surface area contributed by atoms with Crippen molar-refractivity contribution in [3.05, 3.63) is 47.8 Å². The second kappa shape index (κ2) is 7.76. The summed E-state index contributed by atoms with van der Waals surface area (Å²) in [5.41, 5.74) is 6.08. The number of nitrogen functional groups attached to an aromatic ring is 1. The first kappa shape index (κ1) is 21.5. The molecule has 7 nitrogen and oxygen atoms in total. The first-order valence-corrected chi connectivity index (χ1v) is 9.67. The number of benzene rings is 1. The molecule has 0 saturated carbocycles. The van der Waals surface area contributed by atoms with Crippen LogP contribution in [0.15, 0.2) is 36.5 Å². The lowest BCUT2D eigenvalue weighted by molar-refractivity contribution is -0.162. The molecule has 10 heteroatoms. The van der Waals surface area contributed by atoms with E-state index < -0.39 is 24.2 Å². The quantitative estimate of drug-likeness (QED) is 0.592. The summed E-state index contributed by atoms with van der Waals surface area (Å²) in [6.45, 7) is 0.190. The number of aryl methyl sites for hydroxylation is 1.